The highest BCUT2D eigenvalue weighted by atomic mass is 16.5. The van der Waals surface area contributed by atoms with Gasteiger partial charge in [-0.3, -0.25) is 0 Å². The Labute approximate surface area is 247 Å². The SMILES string of the molecule is Cc1cccc(C)c1OCC(C)N(C)CCCCCCCCCCCCN(C)C(C)COc1c(C)cccc1C. The molecule has 0 aliphatic rings. The van der Waals surface area contributed by atoms with Gasteiger partial charge in [0.25, 0.3) is 0 Å². The molecule has 0 spiro atoms. The lowest BCUT2D eigenvalue weighted by molar-refractivity contribution is 0.169. The first-order valence-corrected chi connectivity index (χ1v) is 16.0. The fraction of sp³-hybridized carbons (Fsp3) is 0.667. The van der Waals surface area contributed by atoms with Gasteiger partial charge in [0, 0.05) is 12.1 Å². The van der Waals surface area contributed by atoms with Crippen LogP contribution in [0.4, 0.5) is 0 Å². The first kappa shape index (κ1) is 34.2. The Balaban J connectivity index is 1.41. The number of unbranched alkanes of at least 4 members (excludes halogenated alkanes) is 9. The quantitative estimate of drug-likeness (QED) is 0.144. The van der Waals surface area contributed by atoms with Crippen LogP contribution in [0.25, 0.3) is 0 Å². The fourth-order valence-corrected chi connectivity index (χ4v) is 5.29. The smallest absolute Gasteiger partial charge is 0.125 e. The van der Waals surface area contributed by atoms with E-state index in [1.54, 1.807) is 0 Å². The van der Waals surface area contributed by atoms with Crippen LogP contribution in [0.1, 0.15) is 100 Å². The summed E-state index contributed by atoms with van der Waals surface area (Å²) in [6, 6.07) is 13.6. The Morgan fingerprint density at radius 1 is 0.500 bits per heavy atom. The molecule has 40 heavy (non-hydrogen) atoms. The molecule has 0 aromatic heterocycles. The summed E-state index contributed by atoms with van der Waals surface area (Å²) >= 11 is 0. The second-order valence-electron chi connectivity index (χ2n) is 12.3. The minimum atomic E-state index is 0.429. The van der Waals surface area contributed by atoms with Gasteiger partial charge in [0.2, 0.25) is 0 Å². The van der Waals surface area contributed by atoms with Crippen molar-refractivity contribution in [1.82, 2.24) is 9.80 Å². The molecule has 4 heteroatoms. The number of para-hydroxylation sites is 2. The molecule has 0 saturated heterocycles. The topological polar surface area (TPSA) is 24.9 Å². The standard InChI is InChI=1S/C36H60N2O2/c1-29-21-19-22-30(2)35(29)39-27-33(5)37(7)25-17-15-13-11-9-10-12-14-16-18-26-38(8)34(6)28-40-36-31(3)23-20-24-32(36)4/h19-24,33-34H,9-18,25-28H2,1-8H3. The van der Waals surface area contributed by atoms with E-state index in [1.807, 2.05) is 0 Å². The second kappa shape index (κ2) is 19.1. The predicted octanol–water partition coefficient (Wildman–Crippen LogP) is 8.92. The summed E-state index contributed by atoms with van der Waals surface area (Å²) in [6.07, 6.45) is 13.5. The van der Waals surface area contributed by atoms with Gasteiger partial charge in [-0.15, -0.1) is 0 Å². The van der Waals surface area contributed by atoms with E-state index < -0.39 is 0 Å². The fourth-order valence-electron chi connectivity index (χ4n) is 5.29. The van der Waals surface area contributed by atoms with Crippen molar-refractivity contribution < 1.29 is 9.47 Å². The van der Waals surface area contributed by atoms with E-state index in [0.717, 1.165) is 37.8 Å². The van der Waals surface area contributed by atoms with Crippen molar-refractivity contribution in [3.05, 3.63) is 58.7 Å². The second-order valence-corrected chi connectivity index (χ2v) is 12.3. The lowest BCUT2D eigenvalue weighted by Gasteiger charge is -2.25. The summed E-state index contributed by atoms with van der Waals surface area (Å²) in [6.45, 7) is 16.9. The molecule has 2 aromatic carbocycles. The Kier molecular flexibility index (Phi) is 16.4. The number of rotatable bonds is 21. The highest BCUT2D eigenvalue weighted by molar-refractivity contribution is 5.40. The molecular weight excluding hydrogens is 492 g/mol. The van der Waals surface area contributed by atoms with Crippen molar-refractivity contribution in [3.8, 4) is 11.5 Å². The Hall–Kier alpha value is -2.04. The molecule has 0 N–H and O–H groups in total. The van der Waals surface area contributed by atoms with Gasteiger partial charge in [-0.1, -0.05) is 87.8 Å². The third-order valence-electron chi connectivity index (χ3n) is 8.53. The molecule has 2 unspecified atom stereocenters. The highest BCUT2D eigenvalue weighted by Crippen LogP contribution is 2.24. The maximum Gasteiger partial charge on any atom is 0.125 e. The molecule has 0 saturated carbocycles. The molecule has 0 amide bonds. The highest BCUT2D eigenvalue weighted by Gasteiger charge is 2.13. The van der Waals surface area contributed by atoms with Gasteiger partial charge in [0.1, 0.15) is 24.7 Å². The number of nitrogens with zero attached hydrogens (tertiary/aromatic N) is 2. The third kappa shape index (κ3) is 12.6. The average molecular weight is 553 g/mol. The largest absolute Gasteiger partial charge is 0.491 e. The Morgan fingerprint density at radius 3 is 1.07 bits per heavy atom. The van der Waals surface area contributed by atoms with Gasteiger partial charge in [-0.25, -0.2) is 0 Å². The van der Waals surface area contributed by atoms with Crippen molar-refractivity contribution in [1.29, 1.82) is 0 Å². The molecule has 226 valence electrons. The Bertz CT molecular complexity index is 842. The third-order valence-corrected chi connectivity index (χ3v) is 8.53. The summed E-state index contributed by atoms with van der Waals surface area (Å²) in [5.41, 5.74) is 4.90. The van der Waals surface area contributed by atoms with Crippen molar-refractivity contribution in [2.75, 3.05) is 40.4 Å². The number of ether oxygens (including phenoxy) is 2. The number of hydrogen-bond acceptors (Lipinski definition) is 4. The monoisotopic (exact) mass is 552 g/mol. The van der Waals surface area contributed by atoms with Gasteiger partial charge in [0.05, 0.1) is 0 Å². The van der Waals surface area contributed by atoms with Gasteiger partial charge < -0.3 is 19.3 Å². The molecule has 0 aliphatic carbocycles. The molecule has 0 aliphatic heterocycles. The van der Waals surface area contributed by atoms with Crippen LogP contribution in [0.3, 0.4) is 0 Å². The number of likely N-dealkylation sites (N-methyl/N-ethyl adjacent to an activating group) is 2. The first-order valence-electron chi connectivity index (χ1n) is 16.0. The molecule has 2 atom stereocenters. The Morgan fingerprint density at radius 2 is 0.775 bits per heavy atom. The van der Waals surface area contributed by atoms with E-state index in [2.05, 4.69) is 102 Å². The van der Waals surface area contributed by atoms with Crippen molar-refractivity contribution in [3.63, 3.8) is 0 Å². The van der Waals surface area contributed by atoms with Crippen LogP contribution in [0, 0.1) is 27.7 Å². The lowest BCUT2D eigenvalue weighted by Crippen LogP contribution is -2.34. The summed E-state index contributed by atoms with van der Waals surface area (Å²) in [5.74, 6) is 2.11. The molecular formula is C36H60N2O2. The summed E-state index contributed by atoms with van der Waals surface area (Å²) in [5, 5.41) is 0. The number of benzene rings is 2. The van der Waals surface area contributed by atoms with E-state index in [-0.39, 0.29) is 0 Å². The molecule has 4 nitrogen and oxygen atoms in total. The molecule has 0 heterocycles. The summed E-state index contributed by atoms with van der Waals surface area (Å²) in [7, 11) is 4.47. The van der Waals surface area contributed by atoms with Crippen LogP contribution >= 0.6 is 0 Å². The maximum atomic E-state index is 6.16. The van der Waals surface area contributed by atoms with E-state index in [0.29, 0.717) is 12.1 Å². The van der Waals surface area contributed by atoms with Gasteiger partial charge in [0.15, 0.2) is 0 Å². The predicted molar refractivity (Wildman–Crippen MR) is 173 cm³/mol. The van der Waals surface area contributed by atoms with Crippen LogP contribution in [0.15, 0.2) is 36.4 Å². The number of aryl methyl sites for hydroxylation is 4. The number of hydrogen-bond donors (Lipinski definition) is 0. The van der Waals surface area contributed by atoms with Crippen LogP contribution in [0.2, 0.25) is 0 Å². The zero-order valence-electron chi connectivity index (χ0n) is 27.2. The minimum absolute atomic E-state index is 0.429. The summed E-state index contributed by atoms with van der Waals surface area (Å²) in [4.78, 5) is 4.90. The molecule has 2 rings (SSSR count). The van der Waals surface area contributed by atoms with Gasteiger partial charge in [-0.2, -0.15) is 0 Å². The molecule has 2 aromatic rings. The van der Waals surface area contributed by atoms with Gasteiger partial charge in [-0.05, 0) is 104 Å². The maximum absolute atomic E-state index is 6.16. The molecule has 0 bridgehead atoms. The van der Waals surface area contributed by atoms with Crippen LogP contribution in [-0.2, 0) is 0 Å². The van der Waals surface area contributed by atoms with Crippen molar-refractivity contribution in [2.45, 2.75) is 118 Å². The van der Waals surface area contributed by atoms with E-state index in [9.17, 15) is 0 Å². The van der Waals surface area contributed by atoms with E-state index in [4.69, 9.17) is 9.47 Å². The van der Waals surface area contributed by atoms with Crippen molar-refractivity contribution in [2.24, 2.45) is 0 Å². The normalized spacial score (nSPS) is 13.2. The molecule has 0 fully saturated rings. The van der Waals surface area contributed by atoms with E-state index in [1.165, 1.54) is 86.5 Å². The first-order chi connectivity index (χ1) is 19.2. The lowest BCUT2D eigenvalue weighted by atomic mass is 10.1. The van der Waals surface area contributed by atoms with Crippen LogP contribution in [0.5, 0.6) is 11.5 Å². The van der Waals surface area contributed by atoms with Crippen LogP contribution in [-0.4, -0.2) is 62.3 Å². The zero-order valence-corrected chi connectivity index (χ0v) is 27.2. The zero-order chi connectivity index (χ0) is 29.3. The van der Waals surface area contributed by atoms with Crippen LogP contribution < -0.4 is 9.47 Å². The van der Waals surface area contributed by atoms with Gasteiger partial charge >= 0.3 is 0 Å². The van der Waals surface area contributed by atoms with Crippen molar-refractivity contribution >= 4 is 0 Å². The summed E-state index contributed by atoms with van der Waals surface area (Å²) < 4.78 is 12.3. The average Bonchev–Trinajstić information content (AvgIpc) is 2.92. The molecule has 0 radical (unpaired) electrons. The minimum Gasteiger partial charge on any atom is -0.491 e. The van der Waals surface area contributed by atoms with E-state index >= 15 is 0 Å².